The van der Waals surface area contributed by atoms with Gasteiger partial charge in [-0.25, -0.2) is 9.18 Å². The van der Waals surface area contributed by atoms with E-state index in [4.69, 9.17) is 19.9 Å². The zero-order chi connectivity index (χ0) is 14.5. The number of nitrogen functional groups attached to an aromatic ring is 1. The maximum Gasteiger partial charge on any atom is 0.340 e. The van der Waals surface area contributed by atoms with Crippen molar-refractivity contribution in [2.75, 3.05) is 32.2 Å². The van der Waals surface area contributed by atoms with E-state index in [0.717, 1.165) is 12.5 Å². The SMILES string of the molecule is CCOC(=O)c1cc(OCC2CCOC2)c(F)cc1N. The molecule has 1 aliphatic heterocycles. The van der Waals surface area contributed by atoms with Gasteiger partial charge >= 0.3 is 5.97 Å². The first-order chi connectivity index (χ1) is 9.61. The largest absolute Gasteiger partial charge is 0.490 e. The lowest BCUT2D eigenvalue weighted by Gasteiger charge is -2.13. The lowest BCUT2D eigenvalue weighted by atomic mass is 10.1. The number of rotatable bonds is 5. The summed E-state index contributed by atoms with van der Waals surface area (Å²) in [5, 5.41) is 0. The van der Waals surface area contributed by atoms with Gasteiger partial charge in [0.25, 0.3) is 0 Å². The van der Waals surface area contributed by atoms with Crippen molar-refractivity contribution >= 4 is 11.7 Å². The highest BCUT2D eigenvalue weighted by Gasteiger charge is 2.19. The molecular weight excluding hydrogens is 265 g/mol. The van der Waals surface area contributed by atoms with Crippen molar-refractivity contribution in [3.63, 3.8) is 0 Å². The first kappa shape index (κ1) is 14.6. The van der Waals surface area contributed by atoms with E-state index in [0.29, 0.717) is 19.8 Å². The third-order valence-electron chi connectivity index (χ3n) is 3.10. The van der Waals surface area contributed by atoms with Crippen LogP contribution < -0.4 is 10.5 Å². The van der Waals surface area contributed by atoms with Gasteiger partial charge in [-0.2, -0.15) is 0 Å². The maximum atomic E-state index is 13.8. The average Bonchev–Trinajstić information content (AvgIpc) is 2.91. The van der Waals surface area contributed by atoms with Crippen molar-refractivity contribution in [2.24, 2.45) is 5.92 Å². The molecule has 1 atom stereocenters. The van der Waals surface area contributed by atoms with Crippen LogP contribution in [0, 0.1) is 11.7 Å². The van der Waals surface area contributed by atoms with Crippen LogP contribution in [0.3, 0.4) is 0 Å². The van der Waals surface area contributed by atoms with Crippen LogP contribution in [-0.2, 0) is 9.47 Å². The summed E-state index contributed by atoms with van der Waals surface area (Å²) in [4.78, 5) is 11.7. The molecule has 1 saturated heterocycles. The molecule has 0 aromatic heterocycles. The third kappa shape index (κ3) is 3.39. The van der Waals surface area contributed by atoms with Crippen LogP contribution in [0.4, 0.5) is 10.1 Å². The second-order valence-corrected chi connectivity index (χ2v) is 4.63. The predicted octanol–water partition coefficient (Wildman–Crippen LogP) is 2.00. The van der Waals surface area contributed by atoms with Gasteiger partial charge in [-0.05, 0) is 19.4 Å². The van der Waals surface area contributed by atoms with Crippen molar-refractivity contribution in [3.8, 4) is 5.75 Å². The molecule has 0 spiro atoms. The number of hydrogen-bond donors (Lipinski definition) is 1. The Kier molecular flexibility index (Phi) is 4.79. The number of ether oxygens (including phenoxy) is 3. The molecule has 1 heterocycles. The Labute approximate surface area is 116 Å². The highest BCUT2D eigenvalue weighted by molar-refractivity contribution is 5.95. The van der Waals surface area contributed by atoms with Gasteiger partial charge in [0.2, 0.25) is 0 Å². The summed E-state index contributed by atoms with van der Waals surface area (Å²) in [6.45, 7) is 3.58. The molecule has 5 nitrogen and oxygen atoms in total. The second kappa shape index (κ2) is 6.56. The molecule has 1 aromatic carbocycles. The molecule has 0 radical (unpaired) electrons. The van der Waals surface area contributed by atoms with E-state index >= 15 is 0 Å². The maximum absolute atomic E-state index is 13.8. The second-order valence-electron chi connectivity index (χ2n) is 4.63. The Bertz CT molecular complexity index is 486. The fraction of sp³-hybridized carbons (Fsp3) is 0.500. The Morgan fingerprint density at radius 3 is 3.00 bits per heavy atom. The predicted molar refractivity (Wildman–Crippen MR) is 71.2 cm³/mol. The quantitative estimate of drug-likeness (QED) is 0.661. The summed E-state index contributed by atoms with van der Waals surface area (Å²) in [5.74, 6) is -0.916. The fourth-order valence-electron chi connectivity index (χ4n) is 1.99. The summed E-state index contributed by atoms with van der Waals surface area (Å²) in [7, 11) is 0. The number of halogens is 1. The van der Waals surface area contributed by atoms with Gasteiger partial charge < -0.3 is 19.9 Å². The van der Waals surface area contributed by atoms with E-state index in [9.17, 15) is 9.18 Å². The smallest absolute Gasteiger partial charge is 0.340 e. The minimum absolute atomic E-state index is 0.00848. The first-order valence-corrected chi connectivity index (χ1v) is 6.58. The van der Waals surface area contributed by atoms with Crippen molar-refractivity contribution in [2.45, 2.75) is 13.3 Å². The molecule has 1 aliphatic rings. The zero-order valence-corrected chi connectivity index (χ0v) is 11.4. The van der Waals surface area contributed by atoms with Crippen LogP contribution in [0.1, 0.15) is 23.7 Å². The lowest BCUT2D eigenvalue weighted by Crippen LogP contribution is -2.14. The molecule has 20 heavy (non-hydrogen) atoms. The molecule has 1 fully saturated rings. The summed E-state index contributed by atoms with van der Waals surface area (Å²) < 4.78 is 29.3. The summed E-state index contributed by atoms with van der Waals surface area (Å²) >= 11 is 0. The molecule has 6 heteroatoms. The molecule has 2 rings (SSSR count). The molecule has 0 aliphatic carbocycles. The number of esters is 1. The number of anilines is 1. The van der Waals surface area contributed by atoms with E-state index < -0.39 is 11.8 Å². The standard InChI is InChI=1S/C14H18FNO4/c1-2-19-14(17)10-5-13(11(15)6-12(10)16)20-8-9-3-4-18-7-9/h5-6,9H,2-4,7-8,16H2,1H3. The number of nitrogens with two attached hydrogens (primary N) is 1. The summed E-state index contributed by atoms with van der Waals surface area (Å²) in [5.41, 5.74) is 5.78. The van der Waals surface area contributed by atoms with Gasteiger partial charge in [0.15, 0.2) is 11.6 Å². The van der Waals surface area contributed by atoms with E-state index in [2.05, 4.69) is 0 Å². The van der Waals surface area contributed by atoms with E-state index in [1.807, 2.05) is 0 Å². The Balaban J connectivity index is 2.10. The zero-order valence-electron chi connectivity index (χ0n) is 11.4. The molecule has 1 unspecified atom stereocenters. The Hall–Kier alpha value is -1.82. The fourth-order valence-corrected chi connectivity index (χ4v) is 1.99. The molecule has 2 N–H and O–H groups in total. The first-order valence-electron chi connectivity index (χ1n) is 6.58. The lowest BCUT2D eigenvalue weighted by molar-refractivity contribution is 0.0527. The number of carbonyl (C=O) groups excluding carboxylic acids is 1. The molecular formula is C14H18FNO4. The van der Waals surface area contributed by atoms with E-state index in [1.54, 1.807) is 6.92 Å². The monoisotopic (exact) mass is 283 g/mol. The average molecular weight is 283 g/mol. The van der Waals surface area contributed by atoms with Gasteiger partial charge in [0, 0.05) is 24.3 Å². The minimum atomic E-state index is -0.588. The normalized spacial score (nSPS) is 18.0. The Morgan fingerprint density at radius 1 is 1.55 bits per heavy atom. The molecule has 0 bridgehead atoms. The van der Waals surface area contributed by atoms with Crippen LogP contribution in [0.25, 0.3) is 0 Å². The van der Waals surface area contributed by atoms with Crippen molar-refractivity contribution in [3.05, 3.63) is 23.5 Å². The van der Waals surface area contributed by atoms with Gasteiger partial charge in [-0.15, -0.1) is 0 Å². The van der Waals surface area contributed by atoms with Gasteiger partial charge in [-0.1, -0.05) is 0 Å². The molecule has 0 saturated carbocycles. The van der Waals surface area contributed by atoms with Crippen LogP contribution in [-0.4, -0.2) is 32.4 Å². The molecule has 1 aromatic rings. The van der Waals surface area contributed by atoms with Gasteiger partial charge in [0.1, 0.15) is 0 Å². The summed E-state index contributed by atoms with van der Waals surface area (Å²) in [6, 6.07) is 2.37. The topological polar surface area (TPSA) is 70.8 Å². The third-order valence-corrected chi connectivity index (χ3v) is 3.10. The number of benzene rings is 1. The van der Waals surface area contributed by atoms with Crippen molar-refractivity contribution in [1.29, 1.82) is 0 Å². The van der Waals surface area contributed by atoms with Gasteiger partial charge in [-0.3, -0.25) is 0 Å². The van der Waals surface area contributed by atoms with E-state index in [-0.39, 0.29) is 29.5 Å². The van der Waals surface area contributed by atoms with E-state index in [1.165, 1.54) is 6.07 Å². The van der Waals surface area contributed by atoms with Gasteiger partial charge in [0.05, 0.1) is 25.4 Å². The highest BCUT2D eigenvalue weighted by atomic mass is 19.1. The molecule has 0 amide bonds. The minimum Gasteiger partial charge on any atom is -0.490 e. The Morgan fingerprint density at radius 2 is 2.35 bits per heavy atom. The number of hydrogen-bond acceptors (Lipinski definition) is 5. The van der Waals surface area contributed by atoms with Crippen molar-refractivity contribution < 1.29 is 23.4 Å². The number of carbonyl (C=O) groups is 1. The van der Waals surface area contributed by atoms with Crippen LogP contribution in [0.5, 0.6) is 5.75 Å². The highest BCUT2D eigenvalue weighted by Crippen LogP contribution is 2.26. The van der Waals surface area contributed by atoms with Crippen LogP contribution in [0.2, 0.25) is 0 Å². The van der Waals surface area contributed by atoms with Crippen molar-refractivity contribution in [1.82, 2.24) is 0 Å². The van der Waals surface area contributed by atoms with Crippen LogP contribution in [0.15, 0.2) is 12.1 Å². The molecule has 110 valence electrons. The summed E-state index contributed by atoms with van der Waals surface area (Å²) in [6.07, 6.45) is 0.890. The van der Waals surface area contributed by atoms with Crippen LogP contribution >= 0.6 is 0 Å².